The Kier molecular flexibility index (Phi) is 2.89. The van der Waals surface area contributed by atoms with Gasteiger partial charge in [-0.1, -0.05) is 11.6 Å². The number of rotatable bonds is 1. The topological polar surface area (TPSA) is 36.7 Å². The van der Waals surface area contributed by atoms with Crippen molar-refractivity contribution in [2.75, 3.05) is 0 Å². The molecule has 1 aromatic rings. The molecule has 0 fully saturated rings. The van der Waals surface area contributed by atoms with E-state index in [4.69, 9.17) is 16.9 Å². The highest BCUT2D eigenvalue weighted by Crippen LogP contribution is 2.30. The van der Waals surface area contributed by atoms with Gasteiger partial charge in [0.2, 0.25) is 5.67 Å². The van der Waals surface area contributed by atoms with E-state index >= 15 is 0 Å². The Bertz CT molecular complexity index is 373. The minimum Gasteiger partial charge on any atom is -0.254 e. The van der Waals surface area contributed by atoms with Gasteiger partial charge in [-0.05, 0) is 28.9 Å². The van der Waals surface area contributed by atoms with E-state index in [1.54, 1.807) is 0 Å². The van der Waals surface area contributed by atoms with Crippen LogP contribution < -0.4 is 0 Å². The minimum atomic E-state index is -2.14. The standard InChI is InChI=1S/C8H5BrClFN2/c1-8(11,4-12)7-6(10)2-5(9)3-13-7/h2-3H,1H3/t8-/m1/s1. The van der Waals surface area contributed by atoms with E-state index in [0.717, 1.165) is 6.92 Å². The molecule has 0 aliphatic carbocycles. The fourth-order valence-corrected chi connectivity index (χ4v) is 1.62. The van der Waals surface area contributed by atoms with E-state index in [-0.39, 0.29) is 10.7 Å². The average molecular weight is 263 g/mol. The second-order valence-electron chi connectivity index (χ2n) is 2.60. The lowest BCUT2D eigenvalue weighted by atomic mass is 10.1. The van der Waals surface area contributed by atoms with Crippen molar-refractivity contribution in [3.05, 3.63) is 27.5 Å². The molecule has 2 nitrogen and oxygen atoms in total. The molecule has 0 saturated heterocycles. The van der Waals surface area contributed by atoms with Crippen molar-refractivity contribution >= 4 is 27.5 Å². The van der Waals surface area contributed by atoms with Crippen molar-refractivity contribution in [1.82, 2.24) is 4.98 Å². The van der Waals surface area contributed by atoms with Crippen LogP contribution in [0.25, 0.3) is 0 Å². The summed E-state index contributed by atoms with van der Waals surface area (Å²) in [6.07, 6.45) is 1.40. The third kappa shape index (κ3) is 2.17. The van der Waals surface area contributed by atoms with Crippen LogP contribution in [0.15, 0.2) is 16.7 Å². The Balaban J connectivity index is 3.26. The van der Waals surface area contributed by atoms with Crippen molar-refractivity contribution in [3.8, 4) is 6.07 Å². The predicted molar refractivity (Wildman–Crippen MR) is 51.0 cm³/mol. The number of hydrogen-bond donors (Lipinski definition) is 0. The number of halogens is 3. The summed E-state index contributed by atoms with van der Waals surface area (Å²) in [4.78, 5) is 3.74. The lowest BCUT2D eigenvalue weighted by molar-refractivity contribution is 0.266. The fraction of sp³-hybridized carbons (Fsp3) is 0.250. The van der Waals surface area contributed by atoms with Crippen LogP contribution in [0.3, 0.4) is 0 Å². The van der Waals surface area contributed by atoms with Gasteiger partial charge in [-0.2, -0.15) is 5.26 Å². The van der Waals surface area contributed by atoms with Crippen LogP contribution in [-0.2, 0) is 5.67 Å². The van der Waals surface area contributed by atoms with Gasteiger partial charge in [0.1, 0.15) is 11.8 Å². The number of nitrogens with zero attached hydrogens (tertiary/aromatic N) is 2. The highest BCUT2D eigenvalue weighted by atomic mass is 79.9. The summed E-state index contributed by atoms with van der Waals surface area (Å²) in [5.74, 6) is 0. The van der Waals surface area contributed by atoms with Crippen LogP contribution in [0.2, 0.25) is 5.02 Å². The lowest BCUT2D eigenvalue weighted by Crippen LogP contribution is -2.14. The number of aromatic nitrogens is 1. The number of pyridine rings is 1. The summed E-state index contributed by atoms with van der Waals surface area (Å²) in [6.45, 7) is 1.12. The summed E-state index contributed by atoms with van der Waals surface area (Å²) in [7, 11) is 0. The maximum atomic E-state index is 13.4. The van der Waals surface area contributed by atoms with Gasteiger partial charge < -0.3 is 0 Å². The molecule has 0 aliphatic heterocycles. The third-order valence-electron chi connectivity index (χ3n) is 1.46. The fourth-order valence-electron chi connectivity index (χ4n) is 0.813. The van der Waals surface area contributed by atoms with Crippen LogP contribution >= 0.6 is 27.5 Å². The van der Waals surface area contributed by atoms with Crippen molar-refractivity contribution in [3.63, 3.8) is 0 Å². The second kappa shape index (κ2) is 3.60. The molecule has 0 amide bonds. The molecule has 1 atom stereocenters. The zero-order valence-electron chi connectivity index (χ0n) is 6.68. The lowest BCUT2D eigenvalue weighted by Gasteiger charge is -2.11. The number of nitriles is 1. The van der Waals surface area contributed by atoms with Crippen molar-refractivity contribution in [1.29, 1.82) is 5.26 Å². The second-order valence-corrected chi connectivity index (χ2v) is 3.92. The minimum absolute atomic E-state index is 0.0557. The van der Waals surface area contributed by atoms with Crippen LogP contribution in [0, 0.1) is 11.3 Å². The first-order valence-corrected chi connectivity index (χ1v) is 4.56. The first-order chi connectivity index (χ1) is 5.97. The van der Waals surface area contributed by atoms with E-state index in [2.05, 4.69) is 20.9 Å². The van der Waals surface area contributed by atoms with Gasteiger partial charge in [0.25, 0.3) is 0 Å². The van der Waals surface area contributed by atoms with Gasteiger partial charge in [0.15, 0.2) is 0 Å². The molecule has 0 saturated carbocycles. The van der Waals surface area contributed by atoms with Crippen molar-refractivity contribution in [2.45, 2.75) is 12.6 Å². The highest BCUT2D eigenvalue weighted by Gasteiger charge is 2.29. The molecule has 1 heterocycles. The monoisotopic (exact) mass is 262 g/mol. The van der Waals surface area contributed by atoms with Gasteiger partial charge in [-0.3, -0.25) is 4.98 Å². The molecular formula is C8H5BrClFN2. The van der Waals surface area contributed by atoms with Crippen LogP contribution in [0.4, 0.5) is 4.39 Å². The molecule has 0 radical (unpaired) electrons. The van der Waals surface area contributed by atoms with Crippen LogP contribution in [-0.4, -0.2) is 4.98 Å². The zero-order valence-corrected chi connectivity index (χ0v) is 9.02. The summed E-state index contributed by atoms with van der Waals surface area (Å²) < 4.78 is 14.1. The Hall–Kier alpha value is -0.660. The maximum absolute atomic E-state index is 13.4. The first kappa shape index (κ1) is 10.4. The number of hydrogen-bond acceptors (Lipinski definition) is 2. The Morgan fingerprint density at radius 2 is 2.38 bits per heavy atom. The van der Waals surface area contributed by atoms with Gasteiger partial charge >= 0.3 is 0 Å². The molecule has 0 spiro atoms. The van der Waals surface area contributed by atoms with Crippen molar-refractivity contribution < 1.29 is 4.39 Å². The quantitative estimate of drug-likeness (QED) is 0.780. The Morgan fingerprint density at radius 3 is 2.85 bits per heavy atom. The average Bonchev–Trinajstić information content (AvgIpc) is 2.03. The van der Waals surface area contributed by atoms with Crippen LogP contribution in [0.5, 0.6) is 0 Å². The highest BCUT2D eigenvalue weighted by molar-refractivity contribution is 9.10. The smallest absolute Gasteiger partial charge is 0.236 e. The summed E-state index contributed by atoms with van der Waals surface area (Å²) in [5.41, 5.74) is -2.20. The largest absolute Gasteiger partial charge is 0.254 e. The molecule has 68 valence electrons. The van der Waals surface area contributed by atoms with Gasteiger partial charge in [-0.25, -0.2) is 4.39 Å². The summed E-state index contributed by atoms with van der Waals surface area (Å²) in [6, 6.07) is 2.99. The molecule has 13 heavy (non-hydrogen) atoms. The zero-order chi connectivity index (χ0) is 10.1. The normalized spacial score (nSPS) is 14.7. The molecule has 0 aliphatic rings. The summed E-state index contributed by atoms with van der Waals surface area (Å²) in [5, 5.41) is 8.65. The molecule has 0 bridgehead atoms. The number of alkyl halides is 1. The molecular weight excluding hydrogens is 258 g/mol. The first-order valence-electron chi connectivity index (χ1n) is 3.39. The molecule has 1 rings (SSSR count). The van der Waals surface area contributed by atoms with Gasteiger partial charge in [0, 0.05) is 10.7 Å². The van der Waals surface area contributed by atoms with E-state index in [1.807, 2.05) is 0 Å². The SMILES string of the molecule is C[C@@](F)(C#N)c1ncc(Br)cc1Cl. The molecule has 0 unspecified atom stereocenters. The van der Waals surface area contributed by atoms with E-state index in [0.29, 0.717) is 4.47 Å². The van der Waals surface area contributed by atoms with E-state index in [9.17, 15) is 4.39 Å². The van der Waals surface area contributed by atoms with Gasteiger partial charge in [0.05, 0.1) is 5.02 Å². The van der Waals surface area contributed by atoms with E-state index in [1.165, 1.54) is 18.3 Å². The van der Waals surface area contributed by atoms with E-state index < -0.39 is 5.67 Å². The maximum Gasteiger partial charge on any atom is 0.236 e. The summed E-state index contributed by atoms with van der Waals surface area (Å²) >= 11 is 8.84. The predicted octanol–water partition coefficient (Wildman–Crippen LogP) is 3.21. The molecule has 5 heteroatoms. The Labute approximate surface area is 88.5 Å². The van der Waals surface area contributed by atoms with Gasteiger partial charge in [-0.15, -0.1) is 0 Å². The molecule has 0 N–H and O–H groups in total. The molecule has 0 aromatic carbocycles. The third-order valence-corrected chi connectivity index (χ3v) is 2.18. The Morgan fingerprint density at radius 1 is 1.77 bits per heavy atom. The molecule has 1 aromatic heterocycles. The van der Waals surface area contributed by atoms with Crippen LogP contribution in [0.1, 0.15) is 12.6 Å². The van der Waals surface area contributed by atoms with Crippen molar-refractivity contribution in [2.24, 2.45) is 0 Å².